The van der Waals surface area contributed by atoms with Gasteiger partial charge >= 0.3 is 19.8 Å². The Morgan fingerprint density at radius 3 is 2.52 bits per heavy atom. The lowest BCUT2D eigenvalue weighted by Crippen LogP contribution is -2.43. The lowest BCUT2D eigenvalue weighted by molar-refractivity contribution is -0.148. The van der Waals surface area contributed by atoms with Crippen LogP contribution in [0.25, 0.3) is 0 Å². The summed E-state index contributed by atoms with van der Waals surface area (Å²) in [7, 11) is -4.78. The maximum absolute atomic E-state index is 12.3. The standard InChI is InChI=1S/C13H19N2O9P/c1-7-11(18)9(8(4-14-7)6-24-25(21,22)23)5-15-13(2,12(19)20)3-10(16)17/h4-5,7,9,14H,3,6H2,1-2H3,(H,16,17)(H,19,20)(H2,21,22,23)/t7?,9?,13-/m0/s1. The third-order valence-corrected chi connectivity index (χ3v) is 3.98. The van der Waals surface area contributed by atoms with Crippen molar-refractivity contribution in [2.75, 3.05) is 6.61 Å². The minimum atomic E-state index is -4.78. The summed E-state index contributed by atoms with van der Waals surface area (Å²) < 4.78 is 15.2. The van der Waals surface area contributed by atoms with Crippen LogP contribution in [0.5, 0.6) is 0 Å². The Hall–Kier alpha value is -2.07. The first-order valence-electron chi connectivity index (χ1n) is 7.05. The van der Waals surface area contributed by atoms with Crippen LogP contribution in [0.3, 0.4) is 0 Å². The van der Waals surface area contributed by atoms with Gasteiger partial charge in [-0.05, 0) is 25.6 Å². The predicted molar refractivity (Wildman–Crippen MR) is 84.0 cm³/mol. The van der Waals surface area contributed by atoms with Gasteiger partial charge < -0.3 is 25.3 Å². The SMILES string of the molecule is CC1NC=C(COP(=O)(O)O)C(C=N[C@@](C)(CC(=O)O)C(=O)O)C1=O. The van der Waals surface area contributed by atoms with Crippen LogP contribution in [-0.4, -0.2) is 62.1 Å². The van der Waals surface area contributed by atoms with Crippen molar-refractivity contribution in [2.45, 2.75) is 31.8 Å². The quantitative estimate of drug-likeness (QED) is 0.274. The molecule has 3 atom stereocenters. The van der Waals surface area contributed by atoms with Crippen LogP contribution in [0.2, 0.25) is 0 Å². The molecule has 1 rings (SSSR count). The number of nitrogens with one attached hydrogen (secondary N) is 1. The summed E-state index contributed by atoms with van der Waals surface area (Å²) in [5, 5.41) is 20.7. The number of hydrogen-bond donors (Lipinski definition) is 5. The van der Waals surface area contributed by atoms with Gasteiger partial charge in [0.25, 0.3) is 0 Å². The number of nitrogens with zero attached hydrogens (tertiary/aromatic N) is 1. The van der Waals surface area contributed by atoms with Gasteiger partial charge in [0.2, 0.25) is 0 Å². The number of ketones is 1. The van der Waals surface area contributed by atoms with Gasteiger partial charge in [-0.1, -0.05) is 0 Å². The molecular formula is C13H19N2O9P. The number of carboxylic acids is 2. The van der Waals surface area contributed by atoms with Crippen molar-refractivity contribution in [3.05, 3.63) is 11.8 Å². The number of carbonyl (C=O) groups is 3. The smallest absolute Gasteiger partial charge is 0.469 e. The summed E-state index contributed by atoms with van der Waals surface area (Å²) in [5.74, 6) is -4.40. The van der Waals surface area contributed by atoms with Crippen LogP contribution >= 0.6 is 7.82 Å². The van der Waals surface area contributed by atoms with E-state index >= 15 is 0 Å². The molecule has 1 aliphatic heterocycles. The lowest BCUT2D eigenvalue weighted by atomic mass is 9.89. The Bertz CT molecular complexity index is 668. The average molecular weight is 378 g/mol. The fourth-order valence-electron chi connectivity index (χ4n) is 2.03. The van der Waals surface area contributed by atoms with Gasteiger partial charge in [-0.25, -0.2) is 9.36 Å². The molecule has 1 aliphatic rings. The molecule has 0 radical (unpaired) electrons. The molecular weight excluding hydrogens is 359 g/mol. The summed E-state index contributed by atoms with van der Waals surface area (Å²) in [4.78, 5) is 55.7. The number of phosphoric ester groups is 1. The van der Waals surface area contributed by atoms with E-state index in [1.165, 1.54) is 13.1 Å². The summed E-state index contributed by atoms with van der Waals surface area (Å²) in [6, 6.07) is -0.647. The number of aliphatic imine (C=N–C) groups is 1. The average Bonchev–Trinajstić information content (AvgIpc) is 2.45. The Morgan fingerprint density at radius 2 is 2.04 bits per heavy atom. The largest absolute Gasteiger partial charge is 0.481 e. The number of carbonyl (C=O) groups excluding carboxylic acids is 1. The predicted octanol–water partition coefficient (Wildman–Crippen LogP) is -0.455. The molecule has 11 nitrogen and oxygen atoms in total. The first kappa shape index (κ1) is 21.0. The molecule has 5 N–H and O–H groups in total. The molecule has 1 heterocycles. The zero-order valence-corrected chi connectivity index (χ0v) is 14.3. The molecule has 0 aliphatic carbocycles. The summed E-state index contributed by atoms with van der Waals surface area (Å²) >= 11 is 0. The second-order valence-electron chi connectivity index (χ2n) is 5.68. The van der Waals surface area contributed by atoms with Gasteiger partial charge in [-0.2, -0.15) is 0 Å². The van der Waals surface area contributed by atoms with Crippen LogP contribution in [0.4, 0.5) is 0 Å². The van der Waals surface area contributed by atoms with E-state index in [9.17, 15) is 24.1 Å². The van der Waals surface area contributed by atoms with E-state index in [4.69, 9.17) is 14.9 Å². The van der Waals surface area contributed by atoms with Gasteiger partial charge in [0, 0.05) is 6.21 Å². The highest BCUT2D eigenvalue weighted by Gasteiger charge is 2.37. The van der Waals surface area contributed by atoms with E-state index in [2.05, 4.69) is 14.8 Å². The van der Waals surface area contributed by atoms with E-state index < -0.39 is 56.1 Å². The molecule has 0 amide bonds. The lowest BCUT2D eigenvalue weighted by Gasteiger charge is -2.26. The Kier molecular flexibility index (Phi) is 6.61. The molecule has 0 saturated heterocycles. The third-order valence-electron chi connectivity index (χ3n) is 3.52. The zero-order chi connectivity index (χ0) is 19.4. The molecule has 25 heavy (non-hydrogen) atoms. The maximum Gasteiger partial charge on any atom is 0.469 e. The van der Waals surface area contributed by atoms with E-state index in [1.807, 2.05) is 0 Å². The molecule has 0 fully saturated rings. The first-order valence-corrected chi connectivity index (χ1v) is 8.58. The van der Waals surface area contributed by atoms with Crippen LogP contribution in [0, 0.1) is 5.92 Å². The van der Waals surface area contributed by atoms with E-state index in [-0.39, 0.29) is 5.57 Å². The van der Waals surface area contributed by atoms with Crippen molar-refractivity contribution in [1.82, 2.24) is 5.32 Å². The highest BCUT2D eigenvalue weighted by Crippen LogP contribution is 2.37. The number of aliphatic carboxylic acids is 2. The van der Waals surface area contributed by atoms with Gasteiger partial charge in [0.05, 0.1) is 25.0 Å². The highest BCUT2D eigenvalue weighted by molar-refractivity contribution is 7.46. The van der Waals surface area contributed by atoms with Crippen LogP contribution in [0.1, 0.15) is 20.3 Å². The van der Waals surface area contributed by atoms with Crippen LogP contribution < -0.4 is 5.32 Å². The maximum atomic E-state index is 12.3. The highest BCUT2D eigenvalue weighted by atomic mass is 31.2. The molecule has 0 saturated carbocycles. The van der Waals surface area contributed by atoms with Gasteiger partial charge in [-0.3, -0.25) is 19.1 Å². The van der Waals surface area contributed by atoms with Gasteiger partial charge in [0.1, 0.15) is 0 Å². The Labute approximate surface area is 142 Å². The van der Waals surface area contributed by atoms with E-state index in [1.54, 1.807) is 0 Å². The molecule has 2 unspecified atom stereocenters. The number of hydrogen-bond acceptors (Lipinski definition) is 7. The molecule has 0 aromatic heterocycles. The third kappa shape index (κ3) is 6.05. The fourth-order valence-corrected chi connectivity index (χ4v) is 2.34. The first-order chi connectivity index (χ1) is 11.4. The summed E-state index contributed by atoms with van der Waals surface area (Å²) in [6.45, 7) is 2.04. The molecule has 140 valence electrons. The van der Waals surface area contributed by atoms with E-state index in [0.717, 1.165) is 13.1 Å². The fraction of sp³-hybridized carbons (Fsp3) is 0.538. The minimum absolute atomic E-state index is 0.123. The van der Waals surface area contributed by atoms with Crippen molar-refractivity contribution in [2.24, 2.45) is 10.9 Å². The molecule has 0 bridgehead atoms. The van der Waals surface area contributed by atoms with Crippen LogP contribution in [0.15, 0.2) is 16.8 Å². The normalized spacial score (nSPS) is 23.7. The second-order valence-corrected chi connectivity index (χ2v) is 6.92. The minimum Gasteiger partial charge on any atom is -0.481 e. The van der Waals surface area contributed by atoms with Crippen molar-refractivity contribution in [3.63, 3.8) is 0 Å². The summed E-state index contributed by atoms with van der Waals surface area (Å²) in [6.07, 6.45) is 1.50. The Morgan fingerprint density at radius 1 is 1.44 bits per heavy atom. The van der Waals surface area contributed by atoms with Crippen molar-refractivity contribution in [1.29, 1.82) is 0 Å². The number of Topliss-reactive ketones (excluding diaryl/α,β-unsaturated/α-hetero) is 1. The number of rotatable bonds is 8. The van der Waals surface area contributed by atoms with Gasteiger partial charge in [0.15, 0.2) is 11.3 Å². The molecule has 12 heteroatoms. The molecule has 0 aromatic carbocycles. The van der Waals surface area contributed by atoms with Crippen molar-refractivity contribution >= 4 is 31.8 Å². The summed E-state index contributed by atoms with van der Waals surface area (Å²) in [5.41, 5.74) is -1.87. The molecule has 0 aromatic rings. The number of carboxylic acid groups (broad SMARTS) is 2. The van der Waals surface area contributed by atoms with E-state index in [0.29, 0.717) is 0 Å². The monoisotopic (exact) mass is 378 g/mol. The van der Waals surface area contributed by atoms with Crippen molar-refractivity contribution in [3.8, 4) is 0 Å². The topological polar surface area (TPSA) is 183 Å². The second kappa shape index (κ2) is 7.87. The Balaban J connectivity index is 3.10. The number of phosphoric acid groups is 1. The molecule has 0 spiro atoms. The van der Waals surface area contributed by atoms with Crippen molar-refractivity contribution < 1.29 is 43.5 Å². The zero-order valence-electron chi connectivity index (χ0n) is 13.4. The van der Waals surface area contributed by atoms with Gasteiger partial charge in [-0.15, -0.1) is 0 Å². The van der Waals surface area contributed by atoms with Crippen LogP contribution in [-0.2, 0) is 23.5 Å².